The van der Waals surface area contributed by atoms with Crippen LogP contribution in [-0.2, 0) is 21.5 Å². The van der Waals surface area contributed by atoms with Gasteiger partial charge in [0.15, 0.2) is 6.61 Å². The van der Waals surface area contributed by atoms with Gasteiger partial charge in [0.05, 0.1) is 14.5 Å². The molecule has 8 heteroatoms. The molecule has 1 atom stereocenters. The molecule has 174 valence electrons. The molecule has 5 nitrogen and oxygen atoms in total. The number of likely N-dealkylation sites (N-methyl/N-ethyl adjacent to an activating group) is 1. The Labute approximate surface area is 208 Å². The zero-order chi connectivity index (χ0) is 24.1. The molecule has 0 aliphatic rings. The first-order chi connectivity index (χ1) is 14.9. The lowest BCUT2D eigenvalue weighted by Crippen LogP contribution is -2.49. The first kappa shape index (κ1) is 26.5. The number of carbonyl (C=O) groups excluding carboxylic acids is 2. The third-order valence-electron chi connectivity index (χ3n) is 5.00. The fourth-order valence-corrected chi connectivity index (χ4v) is 3.86. The quantitative estimate of drug-likeness (QED) is 0.445. The van der Waals surface area contributed by atoms with Crippen LogP contribution in [0.25, 0.3) is 0 Å². The molecule has 2 aromatic rings. The highest BCUT2D eigenvalue weighted by Gasteiger charge is 2.26. The minimum atomic E-state index is -0.688. The normalized spacial score (nSPS) is 12.2. The van der Waals surface area contributed by atoms with E-state index >= 15 is 0 Å². The van der Waals surface area contributed by atoms with Crippen molar-refractivity contribution in [3.63, 3.8) is 0 Å². The van der Waals surface area contributed by atoms with Crippen molar-refractivity contribution in [1.82, 2.24) is 10.2 Å². The summed E-state index contributed by atoms with van der Waals surface area (Å²) in [5, 5.41) is 3.58. The first-order valence-electron chi connectivity index (χ1n) is 10.4. The van der Waals surface area contributed by atoms with E-state index in [0.717, 1.165) is 15.6 Å². The summed E-state index contributed by atoms with van der Waals surface area (Å²) in [6.45, 7) is 10.4. The number of nitrogens with one attached hydrogen (secondary N) is 1. The van der Waals surface area contributed by atoms with E-state index in [1.165, 1.54) is 4.90 Å². The van der Waals surface area contributed by atoms with Crippen LogP contribution >= 0.6 is 39.1 Å². The number of carbonyl (C=O) groups is 2. The third-order valence-corrected chi connectivity index (χ3v) is 6.36. The van der Waals surface area contributed by atoms with Gasteiger partial charge in [-0.15, -0.1) is 0 Å². The molecular weight excluding hydrogens is 515 g/mol. The van der Waals surface area contributed by atoms with Crippen molar-refractivity contribution in [2.75, 3.05) is 13.2 Å². The minimum Gasteiger partial charge on any atom is -0.483 e. The van der Waals surface area contributed by atoms with Gasteiger partial charge in [0, 0.05) is 13.1 Å². The van der Waals surface area contributed by atoms with E-state index in [-0.39, 0.29) is 30.4 Å². The second-order valence-electron chi connectivity index (χ2n) is 8.52. The summed E-state index contributed by atoms with van der Waals surface area (Å²) in [7, 11) is 0. The highest BCUT2D eigenvalue weighted by atomic mass is 79.9. The number of benzene rings is 2. The molecule has 2 amide bonds. The summed E-state index contributed by atoms with van der Waals surface area (Å²) >= 11 is 15.7. The summed E-state index contributed by atoms with van der Waals surface area (Å²) in [5.41, 5.74) is 1.91. The van der Waals surface area contributed by atoms with Gasteiger partial charge in [0.2, 0.25) is 5.91 Å². The van der Waals surface area contributed by atoms with Gasteiger partial charge in [0.1, 0.15) is 11.8 Å². The predicted octanol–water partition coefficient (Wildman–Crippen LogP) is 5.99. The van der Waals surface area contributed by atoms with Crippen LogP contribution in [0, 0.1) is 0 Å². The van der Waals surface area contributed by atoms with Crippen LogP contribution in [0.2, 0.25) is 10.0 Å². The Morgan fingerprint density at radius 2 is 1.81 bits per heavy atom. The van der Waals surface area contributed by atoms with Crippen LogP contribution in [0.4, 0.5) is 0 Å². The maximum Gasteiger partial charge on any atom is 0.261 e. The van der Waals surface area contributed by atoms with E-state index in [2.05, 4.69) is 42.0 Å². The van der Waals surface area contributed by atoms with Gasteiger partial charge in [-0.25, -0.2) is 0 Å². The number of rotatable bonds is 8. The fourth-order valence-electron chi connectivity index (χ4n) is 3.05. The average molecular weight is 544 g/mol. The van der Waals surface area contributed by atoms with Gasteiger partial charge in [0.25, 0.3) is 5.91 Å². The molecule has 0 aliphatic heterocycles. The molecule has 0 fully saturated rings. The minimum absolute atomic E-state index is 0.00437. The van der Waals surface area contributed by atoms with Gasteiger partial charge in [-0.3, -0.25) is 9.59 Å². The standard InChI is InChI=1S/C24H29BrCl2N2O3/c1-6-28-23(31)15(2)29(13-16-7-9-19(26)20(27)11-16)22(30)14-32-21-10-8-17(12-18(21)25)24(3,4)5/h7-12,15H,6,13-14H2,1-5H3,(H,28,31)/t15-/m1/s1. The van der Waals surface area contributed by atoms with E-state index in [1.807, 2.05) is 25.1 Å². The zero-order valence-electron chi connectivity index (χ0n) is 19.0. The largest absolute Gasteiger partial charge is 0.483 e. The van der Waals surface area contributed by atoms with E-state index in [1.54, 1.807) is 25.1 Å². The second kappa shape index (κ2) is 11.4. The number of hydrogen-bond donors (Lipinski definition) is 1. The van der Waals surface area contributed by atoms with Crippen LogP contribution < -0.4 is 10.1 Å². The van der Waals surface area contributed by atoms with Crippen LogP contribution in [0.5, 0.6) is 5.75 Å². The highest BCUT2D eigenvalue weighted by Crippen LogP contribution is 2.31. The van der Waals surface area contributed by atoms with Gasteiger partial charge in [-0.05, 0) is 70.6 Å². The van der Waals surface area contributed by atoms with Crippen molar-refractivity contribution in [1.29, 1.82) is 0 Å². The molecular formula is C24H29BrCl2N2O3. The molecule has 2 aromatic carbocycles. The van der Waals surface area contributed by atoms with Crippen molar-refractivity contribution in [2.24, 2.45) is 0 Å². The number of ether oxygens (including phenoxy) is 1. The van der Waals surface area contributed by atoms with Crippen molar-refractivity contribution >= 4 is 50.9 Å². The zero-order valence-corrected chi connectivity index (χ0v) is 22.1. The van der Waals surface area contributed by atoms with Gasteiger partial charge >= 0.3 is 0 Å². The Kier molecular flexibility index (Phi) is 9.43. The van der Waals surface area contributed by atoms with Crippen molar-refractivity contribution in [3.8, 4) is 5.75 Å². The summed E-state index contributed by atoms with van der Waals surface area (Å²) in [5.74, 6) is 0.00439. The van der Waals surface area contributed by atoms with E-state index in [0.29, 0.717) is 22.3 Å². The van der Waals surface area contributed by atoms with Gasteiger partial charge in [-0.2, -0.15) is 0 Å². The Bertz CT molecular complexity index is 976. The van der Waals surface area contributed by atoms with E-state index in [9.17, 15) is 9.59 Å². The van der Waals surface area contributed by atoms with Crippen LogP contribution in [0.1, 0.15) is 45.7 Å². The average Bonchev–Trinajstić information content (AvgIpc) is 2.72. The number of amides is 2. The summed E-state index contributed by atoms with van der Waals surface area (Å²) in [6.07, 6.45) is 0. The van der Waals surface area contributed by atoms with Crippen LogP contribution in [0.15, 0.2) is 40.9 Å². The summed E-state index contributed by atoms with van der Waals surface area (Å²) in [4.78, 5) is 27.0. The smallest absolute Gasteiger partial charge is 0.261 e. The Hall–Kier alpha value is -1.76. The molecule has 0 unspecified atom stereocenters. The number of halogens is 3. The maximum atomic E-state index is 13.1. The van der Waals surface area contributed by atoms with Crippen LogP contribution in [-0.4, -0.2) is 35.9 Å². The molecule has 2 rings (SSSR count). The Morgan fingerprint density at radius 1 is 1.12 bits per heavy atom. The van der Waals surface area contributed by atoms with E-state index in [4.69, 9.17) is 27.9 Å². The summed E-state index contributed by atoms with van der Waals surface area (Å²) < 4.78 is 6.57. The topological polar surface area (TPSA) is 58.6 Å². The molecule has 0 spiro atoms. The van der Waals surface area contributed by atoms with Gasteiger partial charge in [-0.1, -0.05) is 56.1 Å². The van der Waals surface area contributed by atoms with Gasteiger partial charge < -0.3 is 15.0 Å². The molecule has 1 N–H and O–H groups in total. The lowest BCUT2D eigenvalue weighted by molar-refractivity contribution is -0.142. The van der Waals surface area contributed by atoms with Crippen molar-refractivity contribution < 1.29 is 14.3 Å². The first-order valence-corrected chi connectivity index (χ1v) is 11.9. The Morgan fingerprint density at radius 3 is 2.38 bits per heavy atom. The number of hydrogen-bond acceptors (Lipinski definition) is 3. The molecule has 0 radical (unpaired) electrons. The summed E-state index contributed by atoms with van der Waals surface area (Å²) in [6, 6.07) is 10.3. The predicted molar refractivity (Wildman–Crippen MR) is 133 cm³/mol. The van der Waals surface area contributed by atoms with Crippen molar-refractivity contribution in [3.05, 3.63) is 62.0 Å². The number of nitrogens with zero attached hydrogens (tertiary/aromatic N) is 1. The van der Waals surface area contributed by atoms with Crippen LogP contribution in [0.3, 0.4) is 0 Å². The third kappa shape index (κ3) is 7.12. The SMILES string of the molecule is CCNC(=O)[C@@H](C)N(Cc1ccc(Cl)c(Cl)c1)C(=O)COc1ccc(C(C)(C)C)cc1Br. The molecule has 0 saturated heterocycles. The van der Waals surface area contributed by atoms with Crippen molar-refractivity contribution in [2.45, 2.75) is 52.6 Å². The molecule has 0 aromatic heterocycles. The lowest BCUT2D eigenvalue weighted by Gasteiger charge is -2.29. The highest BCUT2D eigenvalue weighted by molar-refractivity contribution is 9.10. The molecule has 0 saturated carbocycles. The maximum absolute atomic E-state index is 13.1. The second-order valence-corrected chi connectivity index (χ2v) is 10.2. The fraction of sp³-hybridized carbons (Fsp3) is 0.417. The van der Waals surface area contributed by atoms with E-state index < -0.39 is 6.04 Å². The Balaban J connectivity index is 2.20. The molecule has 0 aliphatic carbocycles. The molecule has 32 heavy (non-hydrogen) atoms. The monoisotopic (exact) mass is 542 g/mol. The lowest BCUT2D eigenvalue weighted by atomic mass is 9.87. The molecule has 0 bridgehead atoms. The molecule has 0 heterocycles.